The first-order chi connectivity index (χ1) is 7.59. The van der Waals surface area contributed by atoms with Crippen LogP contribution in [0.2, 0.25) is 0 Å². The zero-order valence-electron chi connectivity index (χ0n) is 9.95. The molecule has 0 radical (unpaired) electrons. The van der Waals surface area contributed by atoms with Crippen LogP contribution >= 0.6 is 0 Å². The Labute approximate surface area is 97.8 Å². The van der Waals surface area contributed by atoms with E-state index in [1.54, 1.807) is 0 Å². The summed E-state index contributed by atoms with van der Waals surface area (Å²) < 4.78 is 50.3. The molecule has 0 amide bonds. The van der Waals surface area contributed by atoms with Crippen molar-refractivity contribution in [1.82, 2.24) is 5.32 Å². The van der Waals surface area contributed by atoms with Crippen molar-refractivity contribution in [1.29, 1.82) is 0 Å². The molecule has 0 bridgehead atoms. The smallest absolute Gasteiger partial charge is 0.308 e. The number of benzene rings is 1. The molecule has 0 saturated heterocycles. The Kier molecular flexibility index (Phi) is 3.81. The second kappa shape index (κ2) is 4.64. The first-order valence-corrected chi connectivity index (χ1v) is 5.20. The van der Waals surface area contributed by atoms with Gasteiger partial charge in [0.25, 0.3) is 0 Å². The van der Waals surface area contributed by atoms with Crippen molar-refractivity contribution in [3.8, 4) is 0 Å². The average molecular weight is 249 g/mol. The molecule has 0 aliphatic rings. The van der Waals surface area contributed by atoms with E-state index in [1.165, 1.54) is 6.07 Å². The Hall–Kier alpha value is -1.10. The third-order valence-electron chi connectivity index (χ3n) is 2.16. The van der Waals surface area contributed by atoms with Crippen molar-refractivity contribution < 1.29 is 17.6 Å². The van der Waals surface area contributed by atoms with E-state index in [-0.39, 0.29) is 12.1 Å². The SMILES string of the molecule is CC(C)(C)NCc1ccc(F)c(C(F)(F)F)c1. The zero-order chi connectivity index (χ0) is 13.3. The summed E-state index contributed by atoms with van der Waals surface area (Å²) in [5.74, 6) is -1.24. The number of rotatable bonds is 2. The van der Waals surface area contributed by atoms with Crippen LogP contribution in [0.1, 0.15) is 31.9 Å². The predicted molar refractivity (Wildman–Crippen MR) is 58.0 cm³/mol. The summed E-state index contributed by atoms with van der Waals surface area (Å²) in [4.78, 5) is 0. The third kappa shape index (κ3) is 4.34. The summed E-state index contributed by atoms with van der Waals surface area (Å²) in [5.41, 5.74) is -1.01. The maximum Gasteiger partial charge on any atom is 0.419 e. The van der Waals surface area contributed by atoms with Gasteiger partial charge in [0.15, 0.2) is 0 Å². The van der Waals surface area contributed by atoms with Crippen molar-refractivity contribution in [2.24, 2.45) is 0 Å². The normalized spacial score (nSPS) is 12.9. The minimum absolute atomic E-state index is 0.202. The van der Waals surface area contributed by atoms with E-state index in [0.29, 0.717) is 5.56 Å². The van der Waals surface area contributed by atoms with Crippen LogP contribution in [0, 0.1) is 5.82 Å². The molecule has 0 saturated carbocycles. The molecule has 5 heteroatoms. The van der Waals surface area contributed by atoms with Crippen LogP contribution in [-0.2, 0) is 12.7 Å². The molecule has 0 spiro atoms. The van der Waals surface area contributed by atoms with Gasteiger partial charge in [0, 0.05) is 12.1 Å². The number of hydrogen-bond acceptors (Lipinski definition) is 1. The summed E-state index contributed by atoms with van der Waals surface area (Å²) in [6.07, 6.45) is -4.65. The quantitative estimate of drug-likeness (QED) is 0.787. The number of nitrogens with one attached hydrogen (secondary N) is 1. The molecule has 1 nitrogen and oxygen atoms in total. The lowest BCUT2D eigenvalue weighted by atomic mass is 10.1. The van der Waals surface area contributed by atoms with E-state index in [1.807, 2.05) is 20.8 Å². The second-order valence-electron chi connectivity index (χ2n) is 4.92. The van der Waals surface area contributed by atoms with E-state index in [4.69, 9.17) is 0 Å². The minimum Gasteiger partial charge on any atom is -0.308 e. The summed E-state index contributed by atoms with van der Waals surface area (Å²) in [5, 5.41) is 3.05. The molecular formula is C12H15F4N. The minimum atomic E-state index is -4.65. The highest BCUT2D eigenvalue weighted by Gasteiger charge is 2.34. The molecule has 0 heterocycles. The highest BCUT2D eigenvalue weighted by Crippen LogP contribution is 2.31. The molecule has 0 unspecified atom stereocenters. The predicted octanol–water partition coefficient (Wildman–Crippen LogP) is 3.73. The molecule has 1 aromatic carbocycles. The number of hydrogen-bond donors (Lipinski definition) is 1. The molecule has 1 aromatic rings. The first-order valence-electron chi connectivity index (χ1n) is 5.20. The van der Waals surface area contributed by atoms with E-state index >= 15 is 0 Å². The first kappa shape index (κ1) is 14.0. The van der Waals surface area contributed by atoms with Crippen LogP contribution in [-0.4, -0.2) is 5.54 Å². The molecule has 17 heavy (non-hydrogen) atoms. The Morgan fingerprint density at radius 2 is 1.71 bits per heavy atom. The Bertz CT molecular complexity index is 390. The van der Waals surface area contributed by atoms with Crippen LogP contribution in [0.3, 0.4) is 0 Å². The lowest BCUT2D eigenvalue weighted by Crippen LogP contribution is -2.35. The van der Waals surface area contributed by atoms with E-state index in [2.05, 4.69) is 5.32 Å². The third-order valence-corrected chi connectivity index (χ3v) is 2.16. The fourth-order valence-electron chi connectivity index (χ4n) is 1.27. The molecule has 0 fully saturated rings. The summed E-state index contributed by atoms with van der Waals surface area (Å²) in [7, 11) is 0. The molecule has 1 N–H and O–H groups in total. The monoisotopic (exact) mass is 249 g/mol. The van der Waals surface area contributed by atoms with Gasteiger partial charge in [-0.1, -0.05) is 6.07 Å². The van der Waals surface area contributed by atoms with Crippen molar-refractivity contribution in [3.05, 3.63) is 35.1 Å². The van der Waals surface area contributed by atoms with Gasteiger partial charge in [-0.25, -0.2) is 4.39 Å². The van der Waals surface area contributed by atoms with Crippen LogP contribution in [0.5, 0.6) is 0 Å². The van der Waals surface area contributed by atoms with Gasteiger partial charge < -0.3 is 5.32 Å². The van der Waals surface area contributed by atoms with Gasteiger partial charge >= 0.3 is 6.18 Å². The zero-order valence-corrected chi connectivity index (χ0v) is 9.95. The number of alkyl halides is 3. The van der Waals surface area contributed by atoms with Crippen molar-refractivity contribution in [3.63, 3.8) is 0 Å². The topological polar surface area (TPSA) is 12.0 Å². The molecule has 0 aliphatic heterocycles. The molecule has 0 aliphatic carbocycles. The fraction of sp³-hybridized carbons (Fsp3) is 0.500. The lowest BCUT2D eigenvalue weighted by Gasteiger charge is -2.21. The van der Waals surface area contributed by atoms with Crippen molar-refractivity contribution in [2.45, 2.75) is 39.0 Å². The summed E-state index contributed by atoms with van der Waals surface area (Å²) in [6, 6.07) is 3.04. The van der Waals surface area contributed by atoms with Crippen LogP contribution < -0.4 is 5.32 Å². The standard InChI is InChI=1S/C12H15F4N/c1-11(2,3)17-7-8-4-5-10(13)9(6-8)12(14,15)16/h4-6,17H,7H2,1-3H3. The fourth-order valence-corrected chi connectivity index (χ4v) is 1.27. The Morgan fingerprint density at radius 3 is 2.18 bits per heavy atom. The van der Waals surface area contributed by atoms with Crippen LogP contribution in [0.4, 0.5) is 17.6 Å². The molecule has 0 atom stereocenters. The van der Waals surface area contributed by atoms with Crippen molar-refractivity contribution >= 4 is 0 Å². The Balaban J connectivity index is 2.90. The molecule has 96 valence electrons. The molecule has 0 aromatic heterocycles. The van der Waals surface area contributed by atoms with E-state index in [0.717, 1.165) is 12.1 Å². The van der Waals surface area contributed by atoms with Gasteiger partial charge in [-0.2, -0.15) is 13.2 Å². The van der Waals surface area contributed by atoms with Gasteiger partial charge in [0.05, 0.1) is 5.56 Å². The van der Waals surface area contributed by atoms with E-state index < -0.39 is 17.6 Å². The Morgan fingerprint density at radius 1 is 1.12 bits per heavy atom. The van der Waals surface area contributed by atoms with Crippen LogP contribution in [0.25, 0.3) is 0 Å². The van der Waals surface area contributed by atoms with Gasteiger partial charge in [0.2, 0.25) is 0 Å². The highest BCUT2D eigenvalue weighted by molar-refractivity contribution is 5.27. The average Bonchev–Trinajstić information content (AvgIpc) is 2.13. The summed E-state index contributed by atoms with van der Waals surface area (Å²) >= 11 is 0. The van der Waals surface area contributed by atoms with E-state index in [9.17, 15) is 17.6 Å². The van der Waals surface area contributed by atoms with Gasteiger partial charge in [-0.3, -0.25) is 0 Å². The van der Waals surface area contributed by atoms with Gasteiger partial charge in [-0.15, -0.1) is 0 Å². The molecule has 1 rings (SSSR count). The second-order valence-corrected chi connectivity index (χ2v) is 4.92. The maximum atomic E-state index is 13.0. The number of halogens is 4. The van der Waals surface area contributed by atoms with Gasteiger partial charge in [-0.05, 0) is 38.5 Å². The molecular weight excluding hydrogens is 234 g/mol. The highest BCUT2D eigenvalue weighted by atomic mass is 19.4. The van der Waals surface area contributed by atoms with Crippen LogP contribution in [0.15, 0.2) is 18.2 Å². The largest absolute Gasteiger partial charge is 0.419 e. The maximum absolute atomic E-state index is 13.0. The van der Waals surface area contributed by atoms with Crippen molar-refractivity contribution in [2.75, 3.05) is 0 Å². The lowest BCUT2D eigenvalue weighted by molar-refractivity contribution is -0.140. The van der Waals surface area contributed by atoms with Gasteiger partial charge in [0.1, 0.15) is 5.82 Å². The summed E-state index contributed by atoms with van der Waals surface area (Å²) in [6.45, 7) is 5.98.